The second-order valence-corrected chi connectivity index (χ2v) is 2.28. The van der Waals surface area contributed by atoms with Crippen molar-refractivity contribution in [1.29, 1.82) is 0 Å². The van der Waals surface area contributed by atoms with Crippen LogP contribution < -0.4 is 11.3 Å². The number of amidine groups is 1. The summed E-state index contributed by atoms with van der Waals surface area (Å²) >= 11 is 1.25. The highest BCUT2D eigenvalue weighted by molar-refractivity contribution is 7.07. The average molecular weight is 157 g/mol. The zero-order valence-electron chi connectivity index (χ0n) is 5.40. The lowest BCUT2D eigenvalue weighted by atomic mass is 10.5. The third-order valence-corrected chi connectivity index (χ3v) is 1.63. The highest BCUT2D eigenvalue weighted by Crippen LogP contribution is 2.00. The van der Waals surface area contributed by atoms with Crippen molar-refractivity contribution in [3.8, 4) is 0 Å². The molecule has 1 rings (SSSR count). The molecule has 54 valence electrons. The van der Waals surface area contributed by atoms with Gasteiger partial charge in [0.15, 0.2) is 5.84 Å². The predicted molar refractivity (Wildman–Crippen MR) is 39.7 cm³/mol. The fraction of sp³-hybridized carbons (Fsp3) is 0.250. The van der Waals surface area contributed by atoms with E-state index in [1.165, 1.54) is 11.5 Å². The van der Waals surface area contributed by atoms with Gasteiger partial charge in [0.2, 0.25) is 0 Å². The Morgan fingerprint density at radius 1 is 1.90 bits per heavy atom. The Morgan fingerprint density at radius 2 is 2.70 bits per heavy atom. The largest absolute Gasteiger partial charge is 0.308 e. The fourth-order valence-corrected chi connectivity index (χ4v) is 1.03. The van der Waals surface area contributed by atoms with E-state index in [1.54, 1.807) is 13.2 Å². The standard InChI is InChI=1S/C4H7N5S/c1-6-4(8-5)3-2-7-9-10-3/h2H,5H2,1H3,(H,6,8). The maximum absolute atomic E-state index is 5.14. The van der Waals surface area contributed by atoms with Gasteiger partial charge in [-0.2, -0.15) is 0 Å². The molecule has 0 fully saturated rings. The Labute approximate surface area is 62.1 Å². The van der Waals surface area contributed by atoms with E-state index in [0.29, 0.717) is 5.84 Å². The van der Waals surface area contributed by atoms with Crippen LogP contribution in [0.3, 0.4) is 0 Å². The maximum Gasteiger partial charge on any atom is 0.155 e. The first-order valence-corrected chi connectivity index (χ1v) is 3.37. The zero-order valence-corrected chi connectivity index (χ0v) is 6.22. The van der Waals surface area contributed by atoms with Gasteiger partial charge in [0.1, 0.15) is 4.88 Å². The van der Waals surface area contributed by atoms with Crippen LogP contribution in [0.2, 0.25) is 0 Å². The van der Waals surface area contributed by atoms with Crippen molar-refractivity contribution in [3.05, 3.63) is 11.1 Å². The van der Waals surface area contributed by atoms with Crippen LogP contribution in [0.5, 0.6) is 0 Å². The van der Waals surface area contributed by atoms with Gasteiger partial charge in [-0.3, -0.25) is 4.99 Å². The van der Waals surface area contributed by atoms with Crippen LogP contribution in [-0.2, 0) is 0 Å². The van der Waals surface area contributed by atoms with Crippen molar-refractivity contribution in [2.45, 2.75) is 0 Å². The van der Waals surface area contributed by atoms with Gasteiger partial charge >= 0.3 is 0 Å². The van der Waals surface area contributed by atoms with Gasteiger partial charge in [-0.05, 0) is 11.5 Å². The van der Waals surface area contributed by atoms with Crippen LogP contribution in [0, 0.1) is 0 Å². The third-order valence-electron chi connectivity index (χ3n) is 0.955. The number of aliphatic imine (C=N–C) groups is 1. The second kappa shape index (κ2) is 3.23. The molecular weight excluding hydrogens is 150 g/mol. The molecule has 10 heavy (non-hydrogen) atoms. The summed E-state index contributed by atoms with van der Waals surface area (Å²) in [7, 11) is 1.65. The number of nitrogens with one attached hydrogen (secondary N) is 1. The van der Waals surface area contributed by atoms with E-state index in [-0.39, 0.29) is 0 Å². The summed E-state index contributed by atoms with van der Waals surface area (Å²) in [6, 6.07) is 0. The van der Waals surface area contributed by atoms with Crippen LogP contribution in [0.25, 0.3) is 0 Å². The first-order valence-electron chi connectivity index (χ1n) is 2.59. The lowest BCUT2D eigenvalue weighted by Gasteiger charge is -1.96. The van der Waals surface area contributed by atoms with Gasteiger partial charge < -0.3 is 5.43 Å². The van der Waals surface area contributed by atoms with E-state index < -0.39 is 0 Å². The molecule has 0 spiro atoms. The highest BCUT2D eigenvalue weighted by atomic mass is 32.1. The van der Waals surface area contributed by atoms with Gasteiger partial charge in [-0.1, -0.05) is 4.49 Å². The zero-order chi connectivity index (χ0) is 7.40. The highest BCUT2D eigenvalue weighted by Gasteiger charge is 2.01. The Bertz CT molecular complexity index is 216. The molecule has 0 atom stereocenters. The molecule has 0 aliphatic rings. The van der Waals surface area contributed by atoms with Gasteiger partial charge in [0.25, 0.3) is 0 Å². The number of nitrogens with two attached hydrogens (primary N) is 1. The van der Waals surface area contributed by atoms with E-state index >= 15 is 0 Å². The van der Waals surface area contributed by atoms with Crippen molar-refractivity contribution < 1.29 is 0 Å². The monoisotopic (exact) mass is 157 g/mol. The number of hydrogen-bond acceptors (Lipinski definition) is 5. The molecule has 6 heteroatoms. The van der Waals surface area contributed by atoms with E-state index in [2.05, 4.69) is 20.0 Å². The van der Waals surface area contributed by atoms with Crippen molar-refractivity contribution in [3.63, 3.8) is 0 Å². The summed E-state index contributed by atoms with van der Waals surface area (Å²) in [5.41, 5.74) is 2.43. The summed E-state index contributed by atoms with van der Waals surface area (Å²) in [5.74, 6) is 5.75. The number of hydrogen-bond donors (Lipinski definition) is 2. The number of hydrazine groups is 1. The summed E-state index contributed by atoms with van der Waals surface area (Å²) in [6.45, 7) is 0. The van der Waals surface area contributed by atoms with Crippen molar-refractivity contribution in [1.82, 2.24) is 15.0 Å². The summed E-state index contributed by atoms with van der Waals surface area (Å²) in [5, 5.41) is 3.63. The molecule has 0 aromatic carbocycles. The van der Waals surface area contributed by atoms with Gasteiger partial charge in [-0.25, -0.2) is 5.84 Å². The quantitative estimate of drug-likeness (QED) is 0.246. The topological polar surface area (TPSA) is 76.2 Å². The summed E-state index contributed by atoms with van der Waals surface area (Å²) in [6.07, 6.45) is 1.60. The van der Waals surface area contributed by atoms with Gasteiger partial charge in [-0.15, -0.1) is 5.10 Å². The van der Waals surface area contributed by atoms with Crippen LogP contribution >= 0.6 is 11.5 Å². The Kier molecular flexibility index (Phi) is 2.30. The van der Waals surface area contributed by atoms with Crippen molar-refractivity contribution >= 4 is 17.4 Å². The minimum atomic E-state index is 0.606. The van der Waals surface area contributed by atoms with Crippen molar-refractivity contribution in [2.24, 2.45) is 10.8 Å². The molecule has 3 N–H and O–H groups in total. The van der Waals surface area contributed by atoms with Gasteiger partial charge in [0, 0.05) is 7.05 Å². The fourth-order valence-electron chi connectivity index (χ4n) is 0.517. The van der Waals surface area contributed by atoms with E-state index in [4.69, 9.17) is 5.84 Å². The SMILES string of the molecule is CN=C(NN)c1cnns1. The number of nitrogens with zero attached hydrogens (tertiary/aromatic N) is 3. The molecule has 0 saturated carbocycles. The van der Waals surface area contributed by atoms with Crippen LogP contribution in [0.15, 0.2) is 11.2 Å². The lowest BCUT2D eigenvalue weighted by Crippen LogP contribution is -2.30. The van der Waals surface area contributed by atoms with E-state index in [1.807, 2.05) is 0 Å². The molecule has 0 aliphatic heterocycles. The maximum atomic E-state index is 5.14. The van der Waals surface area contributed by atoms with Crippen LogP contribution in [0.1, 0.15) is 4.88 Å². The third kappa shape index (κ3) is 1.28. The second-order valence-electron chi connectivity index (χ2n) is 1.50. The molecule has 0 unspecified atom stereocenters. The number of rotatable bonds is 1. The molecule has 0 aliphatic carbocycles. The molecule has 0 radical (unpaired) electrons. The normalized spacial score (nSPS) is 11.6. The average Bonchev–Trinajstić information content (AvgIpc) is 2.43. The molecular formula is C4H7N5S. The minimum Gasteiger partial charge on any atom is -0.308 e. The van der Waals surface area contributed by atoms with Crippen LogP contribution in [-0.4, -0.2) is 22.5 Å². The predicted octanol–water partition coefficient (Wildman–Crippen LogP) is -0.622. The molecule has 1 aromatic rings. The molecule has 0 saturated heterocycles. The smallest absolute Gasteiger partial charge is 0.155 e. The first kappa shape index (κ1) is 7.10. The Balaban J connectivity index is 2.85. The Hall–Kier alpha value is -1.01. The molecule has 5 nitrogen and oxygen atoms in total. The summed E-state index contributed by atoms with van der Waals surface area (Å²) < 4.78 is 3.65. The van der Waals surface area contributed by atoms with Crippen molar-refractivity contribution in [2.75, 3.05) is 7.05 Å². The summed E-state index contributed by atoms with van der Waals surface area (Å²) in [4.78, 5) is 4.70. The van der Waals surface area contributed by atoms with Crippen LogP contribution in [0.4, 0.5) is 0 Å². The molecule has 0 bridgehead atoms. The molecule has 1 aromatic heterocycles. The lowest BCUT2D eigenvalue weighted by molar-refractivity contribution is 1.02. The number of aromatic nitrogens is 2. The van der Waals surface area contributed by atoms with E-state index in [0.717, 1.165) is 4.88 Å². The Morgan fingerprint density at radius 3 is 3.10 bits per heavy atom. The van der Waals surface area contributed by atoms with E-state index in [9.17, 15) is 0 Å². The molecule has 0 amide bonds. The molecule has 1 heterocycles. The van der Waals surface area contributed by atoms with Gasteiger partial charge in [0.05, 0.1) is 6.20 Å². The first-order chi connectivity index (χ1) is 4.88. The minimum absolute atomic E-state index is 0.606.